The summed E-state index contributed by atoms with van der Waals surface area (Å²) in [6.07, 6.45) is 1.81. The van der Waals surface area contributed by atoms with Crippen molar-refractivity contribution in [2.75, 3.05) is 0 Å². The standard InChI is InChI=1S/C5H9O.Na.H3O3P/c1-3-4-5(2)6;;1-4(2)3/h2-4H2,1H3;;4H,(H2,1,2,3). The van der Waals surface area contributed by atoms with Crippen LogP contribution in [0.3, 0.4) is 0 Å². The molecule has 0 aromatic heterocycles. The van der Waals surface area contributed by atoms with Crippen LogP contribution in [0.2, 0.25) is 3.67 Å². The van der Waals surface area contributed by atoms with Crippen LogP contribution in [-0.4, -0.2) is 43.5 Å². The van der Waals surface area contributed by atoms with Crippen molar-refractivity contribution in [1.29, 1.82) is 0 Å². The molecule has 0 aromatic carbocycles. The number of hydrogen-bond acceptors (Lipinski definition) is 2. The third-order valence-electron chi connectivity index (χ3n) is 0.923. The molecule has 0 amide bonds. The SMILES string of the molecule is CCCC(=O)[CH2][Na].O=[PH](O)O. The van der Waals surface area contributed by atoms with E-state index in [0.29, 0.717) is 5.78 Å². The Balaban J connectivity index is 0. The van der Waals surface area contributed by atoms with Gasteiger partial charge in [-0.2, -0.15) is 0 Å². The summed E-state index contributed by atoms with van der Waals surface area (Å²) < 4.78 is 9.58. The van der Waals surface area contributed by atoms with Gasteiger partial charge in [-0.05, 0) is 0 Å². The summed E-state index contributed by atoms with van der Waals surface area (Å²) in [4.78, 5) is 24.8. The minimum Gasteiger partial charge on any atom is -0.326 e. The molecule has 0 spiro atoms. The molecule has 4 nitrogen and oxygen atoms in total. The molecular weight excluding hydrogens is 178 g/mol. The van der Waals surface area contributed by atoms with E-state index < -0.39 is 8.25 Å². The topological polar surface area (TPSA) is 74.6 Å². The Morgan fingerprint density at radius 1 is 1.55 bits per heavy atom. The molecule has 0 aliphatic heterocycles. The van der Waals surface area contributed by atoms with Crippen molar-refractivity contribution in [2.24, 2.45) is 0 Å². The Hall–Kier alpha value is 0.820. The predicted molar refractivity (Wildman–Crippen MR) is 43.9 cm³/mol. The molecule has 0 radical (unpaired) electrons. The first kappa shape index (κ1) is 14.3. The molecule has 6 heteroatoms. The number of rotatable bonds is 3. The van der Waals surface area contributed by atoms with E-state index in [1.165, 1.54) is 0 Å². The smallest absolute Gasteiger partial charge is 0.314 e. The summed E-state index contributed by atoms with van der Waals surface area (Å²) in [5.74, 6) is 0.439. The molecule has 0 fully saturated rings. The normalized spacial score (nSPS) is 8.91. The molecule has 2 N–H and O–H groups in total. The maximum absolute atomic E-state index is 10.4. The second-order valence-corrected chi connectivity index (χ2v) is 3.20. The van der Waals surface area contributed by atoms with Crippen LogP contribution in [0.15, 0.2) is 0 Å². The summed E-state index contributed by atoms with van der Waals surface area (Å²) in [5, 5.41) is 0. The van der Waals surface area contributed by atoms with Gasteiger partial charge in [0.2, 0.25) is 0 Å². The summed E-state index contributed by atoms with van der Waals surface area (Å²) in [6.45, 7) is 2.04. The summed E-state index contributed by atoms with van der Waals surface area (Å²) in [7, 11) is -3.13. The molecule has 0 saturated carbocycles. The Labute approximate surface area is 84.4 Å². The quantitative estimate of drug-likeness (QED) is 0.495. The van der Waals surface area contributed by atoms with Crippen molar-refractivity contribution in [1.82, 2.24) is 0 Å². The first-order valence-corrected chi connectivity index (χ1v) is 6.19. The number of hydrogen-bond donors (Lipinski definition) is 2. The van der Waals surface area contributed by atoms with Crippen molar-refractivity contribution >= 4 is 42.0 Å². The van der Waals surface area contributed by atoms with Gasteiger partial charge in [0.25, 0.3) is 0 Å². The van der Waals surface area contributed by atoms with Gasteiger partial charge in [0, 0.05) is 0 Å². The van der Waals surface area contributed by atoms with E-state index in [2.05, 4.69) is 0 Å². The maximum atomic E-state index is 10.4. The average Bonchev–Trinajstić information content (AvgIpc) is 1.87. The van der Waals surface area contributed by atoms with Crippen LogP contribution < -0.4 is 0 Å². The number of ketones is 1. The van der Waals surface area contributed by atoms with Crippen LogP contribution in [-0.2, 0) is 9.36 Å². The molecule has 0 atom stereocenters. The van der Waals surface area contributed by atoms with E-state index in [4.69, 9.17) is 14.4 Å². The van der Waals surface area contributed by atoms with Gasteiger partial charge in [-0.15, -0.1) is 0 Å². The van der Waals surface area contributed by atoms with Crippen LogP contribution in [0.25, 0.3) is 0 Å². The van der Waals surface area contributed by atoms with E-state index in [0.717, 1.165) is 44.4 Å². The largest absolute Gasteiger partial charge is 0.326 e. The summed E-state index contributed by atoms with van der Waals surface area (Å²) in [6, 6.07) is 0. The van der Waals surface area contributed by atoms with Gasteiger partial charge in [0.15, 0.2) is 0 Å². The minimum atomic E-state index is -3.13. The Bertz CT molecular complexity index is 124. The Morgan fingerprint density at radius 3 is 2.00 bits per heavy atom. The second-order valence-electron chi connectivity index (χ2n) is 1.92. The molecule has 0 aliphatic rings. The van der Waals surface area contributed by atoms with Crippen molar-refractivity contribution in [3.8, 4) is 0 Å². The first-order valence-electron chi connectivity index (χ1n) is 3.48. The fourth-order valence-electron chi connectivity index (χ4n) is 0.456. The molecule has 11 heavy (non-hydrogen) atoms. The van der Waals surface area contributed by atoms with E-state index in [9.17, 15) is 4.79 Å². The first-order chi connectivity index (χ1) is 5.04. The van der Waals surface area contributed by atoms with Gasteiger partial charge in [-0.25, -0.2) is 0 Å². The number of Topliss-reactive ketones (excluding diaryl/α,β-unsaturated/α-hetero) is 1. The fourth-order valence-corrected chi connectivity index (χ4v) is 0.809. The van der Waals surface area contributed by atoms with Crippen molar-refractivity contribution in [3.63, 3.8) is 0 Å². The summed E-state index contributed by atoms with van der Waals surface area (Å²) >= 11 is 1.04. The van der Waals surface area contributed by atoms with Crippen LogP contribution in [0.4, 0.5) is 0 Å². The van der Waals surface area contributed by atoms with E-state index in [1.54, 1.807) is 0 Å². The number of carbonyl (C=O) groups is 1. The molecule has 0 aromatic rings. The van der Waals surface area contributed by atoms with Gasteiger partial charge >= 0.3 is 70.2 Å². The van der Waals surface area contributed by atoms with E-state index in [-0.39, 0.29) is 0 Å². The van der Waals surface area contributed by atoms with Crippen molar-refractivity contribution < 1.29 is 19.1 Å². The van der Waals surface area contributed by atoms with Crippen molar-refractivity contribution in [3.05, 3.63) is 0 Å². The number of carbonyl (C=O) groups excluding carboxylic acids is 1. The van der Waals surface area contributed by atoms with Crippen LogP contribution in [0.1, 0.15) is 19.8 Å². The van der Waals surface area contributed by atoms with Crippen LogP contribution in [0.5, 0.6) is 0 Å². The molecule has 62 valence electrons. The third kappa shape index (κ3) is 24.8. The van der Waals surface area contributed by atoms with Gasteiger partial charge in [-0.3, -0.25) is 4.57 Å². The zero-order valence-corrected chi connectivity index (χ0v) is 9.83. The molecule has 0 unspecified atom stereocenters. The molecule has 0 aliphatic carbocycles. The minimum absolute atomic E-state index is 0.439. The second kappa shape index (κ2) is 10.8. The Morgan fingerprint density at radius 2 is 1.91 bits per heavy atom. The molecule has 0 heterocycles. The summed E-state index contributed by atoms with van der Waals surface area (Å²) in [5.41, 5.74) is 0. The van der Waals surface area contributed by atoms with E-state index in [1.807, 2.05) is 6.92 Å². The van der Waals surface area contributed by atoms with Gasteiger partial charge in [-0.1, -0.05) is 0 Å². The van der Waals surface area contributed by atoms with Gasteiger partial charge in [0.1, 0.15) is 0 Å². The van der Waals surface area contributed by atoms with E-state index >= 15 is 0 Å². The van der Waals surface area contributed by atoms with Crippen LogP contribution >= 0.6 is 8.25 Å². The fraction of sp³-hybridized carbons (Fsp3) is 0.800. The Kier molecular flexibility index (Phi) is 14.1. The third-order valence-corrected chi connectivity index (χ3v) is 1.71. The molecule has 0 saturated heterocycles. The molecular formula is C5H12NaO4P. The zero-order chi connectivity index (χ0) is 9.28. The zero-order valence-electron chi connectivity index (χ0n) is 6.83. The van der Waals surface area contributed by atoms with Crippen molar-refractivity contribution in [2.45, 2.75) is 23.4 Å². The van der Waals surface area contributed by atoms with Crippen LogP contribution in [0, 0.1) is 0 Å². The predicted octanol–water partition coefficient (Wildman–Crippen LogP) is 0.303. The average molecular weight is 190 g/mol. The molecule has 0 rings (SSSR count). The van der Waals surface area contributed by atoms with Gasteiger partial charge in [0.05, 0.1) is 0 Å². The van der Waals surface area contributed by atoms with Gasteiger partial charge < -0.3 is 9.79 Å². The molecule has 0 bridgehead atoms. The maximum Gasteiger partial charge on any atom is 0.314 e. The monoisotopic (exact) mass is 190 g/mol.